The molecule has 10 rings (SSSR count). The van der Waals surface area contributed by atoms with Crippen LogP contribution in [0.5, 0.6) is 0 Å². The first-order chi connectivity index (χ1) is 37.6. The molecular formula is C67H46N10. The van der Waals surface area contributed by atoms with Gasteiger partial charge >= 0.3 is 0 Å². The summed E-state index contributed by atoms with van der Waals surface area (Å²) in [5, 5.41) is 53.1. The predicted molar refractivity (Wildman–Crippen MR) is 313 cm³/mol. The third kappa shape index (κ3) is 9.58. The van der Waals surface area contributed by atoms with Gasteiger partial charge in [0.25, 0.3) is 0 Å². The van der Waals surface area contributed by atoms with E-state index in [4.69, 9.17) is 16.6 Å². The fourth-order valence-electron chi connectivity index (χ4n) is 9.97. The van der Waals surface area contributed by atoms with Crippen molar-refractivity contribution >= 4 is 73.4 Å². The summed E-state index contributed by atoms with van der Waals surface area (Å²) in [7, 11) is 1.72. The molecule has 0 aliphatic carbocycles. The van der Waals surface area contributed by atoms with Gasteiger partial charge in [-0.2, -0.15) is 21.0 Å². The first-order valence-corrected chi connectivity index (χ1v) is 24.6. The average molecular weight is 991 g/mol. The molecule has 364 valence electrons. The third-order valence-corrected chi connectivity index (χ3v) is 13.7. The van der Waals surface area contributed by atoms with Crippen molar-refractivity contribution in [2.75, 3.05) is 7.05 Å². The minimum Gasteiger partial charge on any atom is -0.333 e. The molecule has 0 bridgehead atoms. The number of amidine groups is 2. The van der Waals surface area contributed by atoms with Crippen molar-refractivity contribution in [2.24, 2.45) is 15.0 Å². The minimum atomic E-state index is -0.384. The van der Waals surface area contributed by atoms with Crippen molar-refractivity contribution in [1.82, 2.24) is 9.13 Å². The number of benzene rings is 8. The smallest absolute Gasteiger partial charge is 0.161 e. The molecule has 0 saturated carbocycles. The second kappa shape index (κ2) is 21.6. The molecule has 77 heavy (non-hydrogen) atoms. The van der Waals surface area contributed by atoms with Gasteiger partial charge < -0.3 is 9.13 Å². The highest BCUT2D eigenvalue weighted by atomic mass is 15.0. The number of para-hydroxylation sites is 2. The van der Waals surface area contributed by atoms with Gasteiger partial charge in [-0.3, -0.25) is 10.4 Å². The van der Waals surface area contributed by atoms with Crippen LogP contribution in [0.2, 0.25) is 0 Å². The Morgan fingerprint density at radius 1 is 0.584 bits per heavy atom. The third-order valence-electron chi connectivity index (χ3n) is 13.7. The maximum atomic E-state index is 10.2. The van der Waals surface area contributed by atoms with Crippen LogP contribution in [0, 0.1) is 50.7 Å². The molecule has 10 heteroatoms. The minimum absolute atomic E-state index is 0.110. The van der Waals surface area contributed by atoms with E-state index in [9.17, 15) is 26.5 Å². The van der Waals surface area contributed by atoms with Gasteiger partial charge in [0, 0.05) is 63.2 Å². The van der Waals surface area contributed by atoms with E-state index in [0.29, 0.717) is 50.5 Å². The number of hydrogen-bond acceptors (Lipinski definition) is 6. The van der Waals surface area contributed by atoms with Crippen molar-refractivity contribution in [3.05, 3.63) is 257 Å². The van der Waals surface area contributed by atoms with Crippen LogP contribution in [0.3, 0.4) is 0 Å². The number of fused-ring (bicyclic) bond motifs is 6. The van der Waals surface area contributed by atoms with Gasteiger partial charge in [0.15, 0.2) is 11.7 Å². The van der Waals surface area contributed by atoms with Crippen molar-refractivity contribution in [2.45, 2.75) is 13.0 Å². The number of nitriles is 4. The van der Waals surface area contributed by atoms with Crippen molar-refractivity contribution in [3.8, 4) is 46.5 Å². The summed E-state index contributed by atoms with van der Waals surface area (Å²) < 4.78 is 4.43. The second-order valence-corrected chi connectivity index (χ2v) is 18.2. The molecule has 0 radical (unpaired) electrons. The van der Waals surface area contributed by atoms with Gasteiger partial charge in [0.05, 0.1) is 69.3 Å². The van der Waals surface area contributed by atoms with Crippen molar-refractivity contribution < 1.29 is 0 Å². The van der Waals surface area contributed by atoms with E-state index in [1.54, 1.807) is 43.7 Å². The average Bonchev–Trinajstić information content (AvgIpc) is 4.10. The van der Waals surface area contributed by atoms with E-state index in [1.165, 1.54) is 0 Å². The number of hydrogen-bond donors (Lipinski definition) is 1. The molecule has 0 amide bonds. The van der Waals surface area contributed by atoms with Crippen molar-refractivity contribution in [1.29, 1.82) is 26.5 Å². The van der Waals surface area contributed by atoms with Crippen LogP contribution in [0.25, 0.3) is 71.6 Å². The van der Waals surface area contributed by atoms with E-state index in [1.807, 2.05) is 133 Å². The van der Waals surface area contributed by atoms with Gasteiger partial charge in [-0.15, -0.1) is 0 Å². The zero-order valence-electron chi connectivity index (χ0n) is 42.1. The van der Waals surface area contributed by atoms with Crippen LogP contribution >= 0.6 is 0 Å². The lowest BCUT2D eigenvalue weighted by Gasteiger charge is -2.25. The molecule has 1 unspecified atom stereocenters. The van der Waals surface area contributed by atoms with E-state index < -0.39 is 0 Å². The molecular weight excluding hydrogens is 945 g/mol. The summed E-state index contributed by atoms with van der Waals surface area (Å²) in [4.78, 5) is 14.1. The summed E-state index contributed by atoms with van der Waals surface area (Å²) in [5.41, 5.74) is 12.3. The van der Waals surface area contributed by atoms with E-state index in [0.717, 1.165) is 77.0 Å². The van der Waals surface area contributed by atoms with Gasteiger partial charge in [0.2, 0.25) is 0 Å². The Morgan fingerprint density at radius 2 is 1.10 bits per heavy atom. The molecule has 1 N–H and O–H groups in total. The van der Waals surface area contributed by atoms with Crippen LogP contribution < -0.4 is 0 Å². The van der Waals surface area contributed by atoms with Crippen LogP contribution in [0.15, 0.2) is 239 Å². The van der Waals surface area contributed by atoms with Gasteiger partial charge in [0.1, 0.15) is 0 Å². The molecule has 2 aromatic heterocycles. The Hall–Kier alpha value is -11.0. The van der Waals surface area contributed by atoms with Gasteiger partial charge in [-0.05, 0) is 119 Å². The fourth-order valence-corrected chi connectivity index (χ4v) is 9.97. The monoisotopic (exact) mass is 990 g/mol. The number of allylic oxidation sites excluding steroid dienone is 4. The highest BCUT2D eigenvalue weighted by Crippen LogP contribution is 2.43. The molecule has 0 fully saturated rings. The maximum absolute atomic E-state index is 10.2. The number of rotatable bonds is 12. The Balaban J connectivity index is 1.17. The molecule has 1 atom stereocenters. The summed E-state index contributed by atoms with van der Waals surface area (Å²) in [6.07, 6.45) is 7.33. The molecule has 10 aromatic rings. The van der Waals surface area contributed by atoms with Crippen LogP contribution in [0.1, 0.15) is 46.3 Å². The molecule has 0 saturated heterocycles. The van der Waals surface area contributed by atoms with E-state index >= 15 is 0 Å². The zero-order valence-corrected chi connectivity index (χ0v) is 42.1. The van der Waals surface area contributed by atoms with Crippen LogP contribution in [-0.4, -0.2) is 40.3 Å². The highest BCUT2D eigenvalue weighted by molar-refractivity contribution is 6.16. The zero-order chi connectivity index (χ0) is 53.6. The van der Waals surface area contributed by atoms with Crippen LogP contribution in [0.4, 0.5) is 0 Å². The second-order valence-electron chi connectivity index (χ2n) is 18.2. The molecule has 8 aromatic carbocycles. The quantitative estimate of drug-likeness (QED) is 0.0731. The molecule has 0 aliphatic heterocycles. The maximum Gasteiger partial charge on any atom is 0.161 e. The summed E-state index contributed by atoms with van der Waals surface area (Å²) in [6.45, 7) is 11.6. The summed E-state index contributed by atoms with van der Waals surface area (Å²) in [6, 6.07) is 66.7. The Kier molecular flexibility index (Phi) is 13.9. The number of aliphatic imine (C=N–C) groups is 3. The fraction of sp³-hybridized carbons (Fsp3) is 0.0448. The highest BCUT2D eigenvalue weighted by Gasteiger charge is 2.26. The summed E-state index contributed by atoms with van der Waals surface area (Å²) in [5.74, 6) is 0.227. The van der Waals surface area contributed by atoms with Crippen LogP contribution in [-0.2, 0) is 0 Å². The van der Waals surface area contributed by atoms with Crippen molar-refractivity contribution in [3.63, 3.8) is 0 Å². The van der Waals surface area contributed by atoms with E-state index in [-0.39, 0.29) is 11.9 Å². The Bertz CT molecular complexity index is 4400. The number of aromatic nitrogens is 2. The Labute approximate surface area is 445 Å². The lowest BCUT2D eigenvalue weighted by Crippen LogP contribution is -2.13. The Morgan fingerprint density at radius 3 is 1.70 bits per heavy atom. The number of nitrogens with one attached hydrogen (secondary N) is 1. The molecule has 0 spiro atoms. The topological polar surface area (TPSA) is 166 Å². The molecule has 2 heterocycles. The predicted octanol–water partition coefficient (Wildman–Crippen LogP) is 15.1. The molecule has 0 aliphatic rings. The standard InChI is InChI=1S/C67H46N10/c1-43(66(72)75-67(49-17-9-6-10-18-49)74-42-46-15-7-5-8-16-46)33-65(77-62-22-14-12-20-58(62)60-37-51(26-30-64(60)77)56-28-24-48(39-69)35-53(56)41-71)44(2)54(31-32-73-4)45(3)76-61-21-13-11-19-57(61)59-36-50(25-29-63(59)76)55-27-23-47(38-68)34-52(55)40-70/h5-37,42,45,72H,1-2H2,3-4H3/b54-31-,65-33+,72-66?,73-32?,74-42?,75-67?. The van der Waals surface area contributed by atoms with Gasteiger partial charge in [-0.25, -0.2) is 9.98 Å². The van der Waals surface area contributed by atoms with Gasteiger partial charge in [-0.1, -0.05) is 134 Å². The van der Waals surface area contributed by atoms with E-state index in [2.05, 4.69) is 88.3 Å². The largest absolute Gasteiger partial charge is 0.333 e. The SMILES string of the molecule is C=C(/C=C(\C(=C)/C(=C/C=NC)C(C)n1c2ccccc2c2cc(-c3ccc(C#N)cc3C#N)ccc21)n1c2ccccc2c2cc(-c3ccc(C#N)cc3C#N)ccc21)C(=N)N=C(N=Cc1ccccc1)c1ccccc1. The first-order valence-electron chi connectivity index (χ1n) is 24.6. The number of nitrogens with zero attached hydrogens (tertiary/aromatic N) is 9. The lowest BCUT2D eigenvalue weighted by molar-refractivity contribution is 0.680. The lowest BCUT2D eigenvalue weighted by atomic mass is 9.95. The molecule has 10 nitrogen and oxygen atoms in total. The summed E-state index contributed by atoms with van der Waals surface area (Å²) >= 11 is 0. The first kappa shape index (κ1) is 49.5. The normalized spacial score (nSPS) is 12.5.